The summed E-state index contributed by atoms with van der Waals surface area (Å²) >= 11 is 0. The summed E-state index contributed by atoms with van der Waals surface area (Å²) in [6, 6.07) is 11.4. The summed E-state index contributed by atoms with van der Waals surface area (Å²) in [5.74, 6) is 0.759. The van der Waals surface area contributed by atoms with Gasteiger partial charge in [0, 0.05) is 26.2 Å². The number of furan rings is 1. The van der Waals surface area contributed by atoms with Crippen LogP contribution in [0.15, 0.2) is 51.5 Å². The molecule has 0 aliphatic carbocycles. The van der Waals surface area contributed by atoms with E-state index in [0.717, 1.165) is 5.56 Å². The Labute approximate surface area is 178 Å². The Morgan fingerprint density at radius 2 is 2.00 bits per heavy atom. The lowest BCUT2D eigenvalue weighted by Crippen LogP contribution is -2.49. The van der Waals surface area contributed by atoms with Gasteiger partial charge in [0.2, 0.25) is 17.5 Å². The third-order valence-corrected chi connectivity index (χ3v) is 5.22. The molecule has 4 rings (SSSR count). The van der Waals surface area contributed by atoms with Crippen molar-refractivity contribution in [2.45, 2.75) is 13.0 Å². The molecule has 1 saturated heterocycles. The highest BCUT2D eigenvalue weighted by Gasteiger charge is 2.26. The van der Waals surface area contributed by atoms with E-state index in [2.05, 4.69) is 16.4 Å². The van der Waals surface area contributed by atoms with Crippen molar-refractivity contribution < 1.29 is 18.0 Å². The Morgan fingerprint density at radius 1 is 1.26 bits per heavy atom. The molecule has 1 unspecified atom stereocenters. The molecular weight excluding hydrogens is 401 g/mol. The van der Waals surface area contributed by atoms with Gasteiger partial charge < -0.3 is 19.1 Å². The van der Waals surface area contributed by atoms with E-state index in [0.29, 0.717) is 37.8 Å². The van der Waals surface area contributed by atoms with Crippen molar-refractivity contribution in [1.29, 1.82) is 5.26 Å². The summed E-state index contributed by atoms with van der Waals surface area (Å²) in [5.41, 5.74) is 1.06. The molecule has 1 fully saturated rings. The van der Waals surface area contributed by atoms with Gasteiger partial charge in [-0.15, -0.1) is 0 Å². The van der Waals surface area contributed by atoms with Crippen LogP contribution in [0.25, 0.3) is 11.7 Å². The van der Waals surface area contributed by atoms with Crippen molar-refractivity contribution in [1.82, 2.24) is 15.2 Å². The third-order valence-electron chi connectivity index (χ3n) is 5.22. The Morgan fingerprint density at radius 3 is 2.65 bits per heavy atom. The topological polar surface area (TPSA) is 98.5 Å². The maximum Gasteiger partial charge on any atom is 0.266 e. The van der Waals surface area contributed by atoms with E-state index >= 15 is 0 Å². The number of aromatic nitrogens is 1. The second kappa shape index (κ2) is 9.02. The summed E-state index contributed by atoms with van der Waals surface area (Å²) in [4.78, 5) is 20.6. The van der Waals surface area contributed by atoms with E-state index in [1.807, 2.05) is 16.7 Å². The van der Waals surface area contributed by atoms with Gasteiger partial charge in [0.1, 0.15) is 11.9 Å². The number of carbonyl (C=O) groups excluding carboxylic acids is 1. The molecule has 2 aromatic heterocycles. The largest absolute Gasteiger partial charge is 0.459 e. The van der Waals surface area contributed by atoms with Gasteiger partial charge in [-0.25, -0.2) is 4.39 Å². The molecule has 9 heteroatoms. The normalized spacial score (nSPS) is 15.5. The standard InChI is InChI=1S/C22H22FN5O3/c1-15(16-4-6-17(23)7-5-16)25-20(29)14-27-8-10-28(11-9-27)22-18(13-24)26-21(31-22)19-3-2-12-30-19/h2-7,12,15H,8-11,14H2,1H3,(H,25,29). The van der Waals surface area contributed by atoms with Gasteiger partial charge in [0.05, 0.1) is 18.8 Å². The van der Waals surface area contributed by atoms with Crippen LogP contribution in [-0.4, -0.2) is 48.5 Å². The summed E-state index contributed by atoms with van der Waals surface area (Å²) in [6.07, 6.45) is 1.52. The van der Waals surface area contributed by atoms with Gasteiger partial charge in [-0.2, -0.15) is 10.2 Å². The van der Waals surface area contributed by atoms with Gasteiger partial charge in [-0.3, -0.25) is 9.69 Å². The highest BCUT2D eigenvalue weighted by atomic mass is 19.1. The second-order valence-electron chi connectivity index (χ2n) is 7.37. The summed E-state index contributed by atoms with van der Waals surface area (Å²) in [5, 5.41) is 12.4. The van der Waals surface area contributed by atoms with Crippen molar-refractivity contribution in [3.8, 4) is 17.7 Å². The first-order valence-corrected chi connectivity index (χ1v) is 10.0. The molecule has 1 aliphatic rings. The number of piperazine rings is 1. The molecule has 1 aliphatic heterocycles. The summed E-state index contributed by atoms with van der Waals surface area (Å²) in [7, 11) is 0. The fourth-order valence-corrected chi connectivity index (χ4v) is 3.54. The van der Waals surface area contributed by atoms with Gasteiger partial charge in [-0.05, 0) is 36.8 Å². The summed E-state index contributed by atoms with van der Waals surface area (Å²) < 4.78 is 24.1. The molecule has 31 heavy (non-hydrogen) atoms. The highest BCUT2D eigenvalue weighted by Crippen LogP contribution is 2.29. The molecule has 3 aromatic rings. The zero-order chi connectivity index (χ0) is 21.8. The lowest BCUT2D eigenvalue weighted by Gasteiger charge is -2.34. The Bertz CT molecular complexity index is 1060. The minimum atomic E-state index is -0.303. The van der Waals surface area contributed by atoms with Crippen LogP contribution in [0, 0.1) is 17.1 Å². The molecular formula is C22H22FN5O3. The number of carbonyl (C=O) groups is 1. The van der Waals surface area contributed by atoms with E-state index in [1.165, 1.54) is 18.4 Å². The molecule has 3 heterocycles. The van der Waals surface area contributed by atoms with Crippen molar-refractivity contribution in [2.75, 3.05) is 37.6 Å². The Kier molecular flexibility index (Phi) is 6.00. The maximum absolute atomic E-state index is 13.1. The van der Waals surface area contributed by atoms with Crippen molar-refractivity contribution >= 4 is 11.8 Å². The fourth-order valence-electron chi connectivity index (χ4n) is 3.54. The van der Waals surface area contributed by atoms with E-state index in [-0.39, 0.29) is 35.9 Å². The zero-order valence-electron chi connectivity index (χ0n) is 17.0. The van der Waals surface area contributed by atoms with Crippen LogP contribution in [-0.2, 0) is 4.79 Å². The molecule has 0 saturated carbocycles. The van der Waals surface area contributed by atoms with Gasteiger partial charge in [0.15, 0.2) is 5.76 Å². The van der Waals surface area contributed by atoms with Crippen LogP contribution in [0.2, 0.25) is 0 Å². The summed E-state index contributed by atoms with van der Waals surface area (Å²) in [6.45, 7) is 4.61. The molecule has 1 N–H and O–H groups in total. The fraction of sp³-hybridized carbons (Fsp3) is 0.318. The lowest BCUT2D eigenvalue weighted by molar-refractivity contribution is -0.123. The molecule has 1 aromatic carbocycles. The monoisotopic (exact) mass is 423 g/mol. The van der Waals surface area contributed by atoms with Crippen LogP contribution in [0.3, 0.4) is 0 Å². The predicted octanol–water partition coefficient (Wildman–Crippen LogP) is 2.94. The van der Waals surface area contributed by atoms with Crippen molar-refractivity contribution in [3.05, 3.63) is 59.7 Å². The number of nitrogens with one attached hydrogen (secondary N) is 1. The Balaban J connectivity index is 1.31. The number of hydrogen-bond acceptors (Lipinski definition) is 7. The number of benzene rings is 1. The molecule has 0 spiro atoms. The van der Waals surface area contributed by atoms with E-state index in [1.54, 1.807) is 24.3 Å². The predicted molar refractivity (Wildman–Crippen MR) is 111 cm³/mol. The minimum absolute atomic E-state index is 0.0947. The quantitative estimate of drug-likeness (QED) is 0.651. The number of anilines is 1. The number of halogens is 1. The SMILES string of the molecule is CC(NC(=O)CN1CCN(c2oc(-c3ccco3)nc2C#N)CC1)c1ccc(F)cc1. The number of oxazole rings is 1. The number of nitriles is 1. The van der Waals surface area contributed by atoms with Gasteiger partial charge >= 0.3 is 0 Å². The van der Waals surface area contributed by atoms with E-state index in [9.17, 15) is 14.4 Å². The number of amides is 1. The number of nitrogens with zero attached hydrogens (tertiary/aromatic N) is 4. The van der Waals surface area contributed by atoms with Crippen LogP contribution in [0.4, 0.5) is 10.3 Å². The van der Waals surface area contributed by atoms with Crippen molar-refractivity contribution in [2.24, 2.45) is 0 Å². The first-order valence-electron chi connectivity index (χ1n) is 10.0. The smallest absolute Gasteiger partial charge is 0.266 e. The average Bonchev–Trinajstić information content (AvgIpc) is 3.44. The van der Waals surface area contributed by atoms with Crippen LogP contribution >= 0.6 is 0 Å². The highest BCUT2D eigenvalue weighted by molar-refractivity contribution is 5.78. The first-order chi connectivity index (χ1) is 15.0. The second-order valence-corrected chi connectivity index (χ2v) is 7.37. The van der Waals surface area contributed by atoms with E-state index < -0.39 is 0 Å². The molecule has 8 nitrogen and oxygen atoms in total. The van der Waals surface area contributed by atoms with Crippen LogP contribution < -0.4 is 10.2 Å². The van der Waals surface area contributed by atoms with E-state index in [4.69, 9.17) is 8.83 Å². The molecule has 1 amide bonds. The number of rotatable bonds is 6. The molecule has 160 valence electrons. The first kappa shape index (κ1) is 20.6. The molecule has 0 radical (unpaired) electrons. The van der Waals surface area contributed by atoms with Gasteiger partial charge in [-0.1, -0.05) is 12.1 Å². The average molecular weight is 423 g/mol. The minimum Gasteiger partial charge on any atom is -0.459 e. The lowest BCUT2D eigenvalue weighted by atomic mass is 10.1. The maximum atomic E-state index is 13.1. The van der Waals surface area contributed by atoms with Crippen LogP contribution in [0.1, 0.15) is 24.2 Å². The molecule has 0 bridgehead atoms. The Hall–Kier alpha value is -3.64. The zero-order valence-corrected chi connectivity index (χ0v) is 17.0. The van der Waals surface area contributed by atoms with Gasteiger partial charge in [0.25, 0.3) is 5.89 Å². The third kappa shape index (κ3) is 4.75. The molecule has 1 atom stereocenters. The van der Waals surface area contributed by atoms with Crippen LogP contribution in [0.5, 0.6) is 0 Å². The van der Waals surface area contributed by atoms with Crippen molar-refractivity contribution in [3.63, 3.8) is 0 Å². The number of hydrogen-bond donors (Lipinski definition) is 1.